The van der Waals surface area contributed by atoms with Crippen LogP contribution in [0, 0.1) is 11.8 Å². The summed E-state index contributed by atoms with van der Waals surface area (Å²) in [6, 6.07) is 0. The van der Waals surface area contributed by atoms with Gasteiger partial charge >= 0.3 is 0 Å². The molecule has 1 saturated heterocycles. The van der Waals surface area contributed by atoms with E-state index in [-0.39, 0.29) is 12.5 Å². The molecule has 0 aromatic heterocycles. The zero-order chi connectivity index (χ0) is 13.9. The number of rotatable bonds is 6. The predicted octanol–water partition coefficient (Wildman–Crippen LogP) is 1.06. The van der Waals surface area contributed by atoms with E-state index in [1.54, 1.807) is 8.61 Å². The fraction of sp³-hybridized carbons (Fsp3) is 1.00. The third-order valence-corrected chi connectivity index (χ3v) is 6.48. The van der Waals surface area contributed by atoms with Gasteiger partial charge in [-0.3, -0.25) is 0 Å². The Labute approximate surface area is 116 Å². The molecule has 0 amide bonds. The van der Waals surface area contributed by atoms with Gasteiger partial charge in [-0.05, 0) is 37.5 Å². The largest absolute Gasteiger partial charge is 0.396 e. The van der Waals surface area contributed by atoms with Gasteiger partial charge in [-0.25, -0.2) is 0 Å². The van der Waals surface area contributed by atoms with Crippen LogP contribution in [0.5, 0.6) is 0 Å². The van der Waals surface area contributed by atoms with Crippen molar-refractivity contribution in [2.75, 3.05) is 32.8 Å². The lowest BCUT2D eigenvalue weighted by Gasteiger charge is -2.37. The normalized spacial score (nSPS) is 26.6. The average Bonchev–Trinajstić information content (AvgIpc) is 2.37. The summed E-state index contributed by atoms with van der Waals surface area (Å²) < 4.78 is 28.4. The zero-order valence-electron chi connectivity index (χ0n) is 11.8. The second-order valence-corrected chi connectivity index (χ2v) is 7.73. The van der Waals surface area contributed by atoms with Crippen molar-refractivity contribution in [2.45, 2.75) is 39.0 Å². The quantitative estimate of drug-likeness (QED) is 0.795. The molecule has 0 radical (unpaired) electrons. The Morgan fingerprint density at radius 3 is 2.42 bits per heavy atom. The summed E-state index contributed by atoms with van der Waals surface area (Å²) in [5.41, 5.74) is 0. The molecule has 1 unspecified atom stereocenters. The fourth-order valence-corrected chi connectivity index (χ4v) is 4.71. The second kappa shape index (κ2) is 6.52. The molecular formula is C13H26N2O3S. The Balaban J connectivity index is 2.01. The van der Waals surface area contributed by atoms with Crippen molar-refractivity contribution in [1.29, 1.82) is 0 Å². The molecule has 2 rings (SSSR count). The van der Waals surface area contributed by atoms with Crippen molar-refractivity contribution < 1.29 is 13.5 Å². The number of hydrogen-bond acceptors (Lipinski definition) is 3. The van der Waals surface area contributed by atoms with Crippen LogP contribution in [0.25, 0.3) is 0 Å². The van der Waals surface area contributed by atoms with Crippen LogP contribution in [0.15, 0.2) is 0 Å². The lowest BCUT2D eigenvalue weighted by molar-refractivity contribution is 0.158. The Bertz CT molecular complexity index is 371. The summed E-state index contributed by atoms with van der Waals surface area (Å²) in [6.45, 7) is 4.27. The van der Waals surface area contributed by atoms with Crippen molar-refractivity contribution in [3.8, 4) is 0 Å². The van der Waals surface area contributed by atoms with Gasteiger partial charge in [0, 0.05) is 32.8 Å². The van der Waals surface area contributed by atoms with Gasteiger partial charge in [0.15, 0.2) is 0 Å². The van der Waals surface area contributed by atoms with Crippen molar-refractivity contribution in [3.63, 3.8) is 0 Å². The van der Waals surface area contributed by atoms with Crippen molar-refractivity contribution in [2.24, 2.45) is 11.8 Å². The zero-order valence-corrected chi connectivity index (χ0v) is 12.6. The number of aliphatic hydroxyl groups excluding tert-OH is 1. The molecular weight excluding hydrogens is 264 g/mol. The summed E-state index contributed by atoms with van der Waals surface area (Å²) >= 11 is 0. The molecule has 0 spiro atoms. The molecule has 0 aromatic rings. The second-order valence-electron chi connectivity index (χ2n) is 5.80. The van der Waals surface area contributed by atoms with Crippen LogP contribution in [0.2, 0.25) is 0 Å². The minimum absolute atomic E-state index is 0.0841. The third kappa shape index (κ3) is 3.48. The van der Waals surface area contributed by atoms with E-state index in [9.17, 15) is 13.5 Å². The number of nitrogens with zero attached hydrogens (tertiary/aromatic N) is 2. The Morgan fingerprint density at radius 2 is 1.89 bits per heavy atom. The van der Waals surface area contributed by atoms with Gasteiger partial charge in [-0.15, -0.1) is 0 Å². The molecule has 6 heteroatoms. The SMILES string of the molecule is CCN(CC1CCC1)S(=O)(=O)N1CCCC(CO)C1. The number of aliphatic hydroxyl groups is 1. The van der Waals surface area contributed by atoms with Crippen LogP contribution in [0.1, 0.15) is 39.0 Å². The molecule has 1 N–H and O–H groups in total. The van der Waals surface area contributed by atoms with E-state index in [1.807, 2.05) is 6.92 Å². The van der Waals surface area contributed by atoms with Gasteiger partial charge in [0.2, 0.25) is 0 Å². The van der Waals surface area contributed by atoms with Crippen molar-refractivity contribution in [3.05, 3.63) is 0 Å². The maximum atomic E-state index is 12.6. The van der Waals surface area contributed by atoms with Crippen molar-refractivity contribution >= 4 is 10.2 Å². The Hall–Kier alpha value is -0.170. The van der Waals surface area contributed by atoms with Gasteiger partial charge in [-0.2, -0.15) is 17.0 Å². The maximum Gasteiger partial charge on any atom is 0.281 e. The summed E-state index contributed by atoms with van der Waals surface area (Å²) in [5, 5.41) is 9.23. The van der Waals surface area contributed by atoms with Gasteiger partial charge < -0.3 is 5.11 Å². The van der Waals surface area contributed by atoms with E-state index < -0.39 is 10.2 Å². The smallest absolute Gasteiger partial charge is 0.281 e. The lowest BCUT2D eigenvalue weighted by atomic mass is 9.85. The highest BCUT2D eigenvalue weighted by Gasteiger charge is 2.34. The van der Waals surface area contributed by atoms with Crippen LogP contribution >= 0.6 is 0 Å². The molecule has 0 bridgehead atoms. The lowest BCUT2D eigenvalue weighted by Crippen LogP contribution is -2.50. The van der Waals surface area contributed by atoms with Crippen LogP contribution in [-0.4, -0.2) is 54.9 Å². The molecule has 1 saturated carbocycles. The number of hydrogen-bond donors (Lipinski definition) is 1. The van der Waals surface area contributed by atoms with E-state index in [1.165, 1.54) is 6.42 Å². The van der Waals surface area contributed by atoms with Crippen molar-refractivity contribution in [1.82, 2.24) is 8.61 Å². The summed E-state index contributed by atoms with van der Waals surface area (Å²) in [6.07, 6.45) is 5.33. The molecule has 2 aliphatic rings. The first-order valence-electron chi connectivity index (χ1n) is 7.44. The van der Waals surface area contributed by atoms with E-state index in [0.717, 1.165) is 25.7 Å². The molecule has 1 aliphatic carbocycles. The molecule has 1 atom stereocenters. The summed E-state index contributed by atoms with van der Waals surface area (Å²) in [4.78, 5) is 0. The van der Waals surface area contributed by atoms with Crippen LogP contribution in [-0.2, 0) is 10.2 Å². The summed E-state index contributed by atoms with van der Waals surface area (Å²) in [7, 11) is -3.33. The van der Waals surface area contributed by atoms with Gasteiger partial charge in [-0.1, -0.05) is 13.3 Å². The Morgan fingerprint density at radius 1 is 1.21 bits per heavy atom. The molecule has 5 nitrogen and oxygen atoms in total. The highest BCUT2D eigenvalue weighted by Crippen LogP contribution is 2.29. The topological polar surface area (TPSA) is 60.9 Å². The maximum absolute atomic E-state index is 12.6. The first-order valence-corrected chi connectivity index (χ1v) is 8.83. The number of piperidine rings is 1. The van der Waals surface area contributed by atoms with Crippen LogP contribution < -0.4 is 0 Å². The Kier molecular flexibility index (Phi) is 5.22. The molecule has 112 valence electrons. The average molecular weight is 290 g/mol. The highest BCUT2D eigenvalue weighted by atomic mass is 32.2. The predicted molar refractivity (Wildman–Crippen MR) is 74.9 cm³/mol. The van der Waals surface area contributed by atoms with Gasteiger partial charge in [0.1, 0.15) is 0 Å². The molecule has 1 aliphatic heterocycles. The first kappa shape index (κ1) is 15.2. The minimum atomic E-state index is -3.33. The fourth-order valence-electron chi connectivity index (χ4n) is 2.90. The molecule has 0 aromatic carbocycles. The molecule has 19 heavy (non-hydrogen) atoms. The van der Waals surface area contributed by atoms with Gasteiger partial charge in [0.25, 0.3) is 10.2 Å². The first-order chi connectivity index (χ1) is 9.07. The minimum Gasteiger partial charge on any atom is -0.396 e. The van der Waals surface area contributed by atoms with E-state index >= 15 is 0 Å². The van der Waals surface area contributed by atoms with E-state index in [0.29, 0.717) is 32.1 Å². The van der Waals surface area contributed by atoms with Crippen LogP contribution in [0.4, 0.5) is 0 Å². The monoisotopic (exact) mass is 290 g/mol. The highest BCUT2D eigenvalue weighted by molar-refractivity contribution is 7.86. The molecule has 2 fully saturated rings. The standard InChI is InChI=1S/C13H26N2O3S/c1-2-14(9-12-5-3-6-12)19(17,18)15-8-4-7-13(10-15)11-16/h12-13,16H,2-11H2,1H3. The van der Waals surface area contributed by atoms with E-state index in [2.05, 4.69) is 0 Å². The molecule has 1 heterocycles. The van der Waals surface area contributed by atoms with Gasteiger partial charge in [0.05, 0.1) is 0 Å². The third-order valence-electron chi connectivity index (χ3n) is 4.43. The van der Waals surface area contributed by atoms with Crippen LogP contribution in [0.3, 0.4) is 0 Å². The summed E-state index contributed by atoms with van der Waals surface area (Å²) in [5.74, 6) is 0.652. The van der Waals surface area contributed by atoms with E-state index in [4.69, 9.17) is 0 Å².